The summed E-state index contributed by atoms with van der Waals surface area (Å²) in [5, 5.41) is 0. The van der Waals surface area contributed by atoms with Crippen LogP contribution in [0, 0.1) is 5.92 Å². The summed E-state index contributed by atoms with van der Waals surface area (Å²) in [6.45, 7) is 0.885. The van der Waals surface area contributed by atoms with Gasteiger partial charge in [0.15, 0.2) is 0 Å². The van der Waals surface area contributed by atoms with Crippen molar-refractivity contribution in [2.45, 2.75) is 22.1 Å². The highest BCUT2D eigenvalue weighted by Crippen LogP contribution is 2.45. The molecule has 1 heterocycles. The SMILES string of the molecule is O=C(c1ccccc1)N1C[C@H]2C[C@@H](Br)[C@H]1[C@H]2Br. The first kappa shape index (κ1) is 11.7. The molecule has 2 aliphatic rings. The molecule has 90 valence electrons. The molecular formula is C13H13Br2NO. The zero-order valence-electron chi connectivity index (χ0n) is 9.22. The molecule has 1 aromatic rings. The third-order valence-electron chi connectivity index (χ3n) is 3.75. The number of alkyl halides is 2. The minimum absolute atomic E-state index is 0.159. The molecule has 1 aromatic carbocycles. The number of amides is 1. The van der Waals surface area contributed by atoms with Crippen LogP contribution in [0.4, 0.5) is 0 Å². The molecule has 4 heteroatoms. The van der Waals surface area contributed by atoms with E-state index in [4.69, 9.17) is 0 Å². The second-order valence-electron chi connectivity index (χ2n) is 4.77. The van der Waals surface area contributed by atoms with Crippen LogP contribution in [-0.2, 0) is 0 Å². The molecule has 0 unspecified atom stereocenters. The van der Waals surface area contributed by atoms with Gasteiger partial charge in [0.25, 0.3) is 5.91 Å². The summed E-state index contributed by atoms with van der Waals surface area (Å²) in [4.78, 5) is 15.3. The lowest BCUT2D eigenvalue weighted by Crippen LogP contribution is -2.43. The highest BCUT2D eigenvalue weighted by atomic mass is 79.9. The lowest BCUT2D eigenvalue weighted by Gasteiger charge is -2.30. The Bertz CT molecular complexity index is 436. The molecule has 4 atom stereocenters. The van der Waals surface area contributed by atoms with Gasteiger partial charge in [-0.1, -0.05) is 50.1 Å². The normalized spacial score (nSPS) is 35.3. The van der Waals surface area contributed by atoms with E-state index in [9.17, 15) is 4.79 Å². The highest BCUT2D eigenvalue weighted by Gasteiger charge is 2.52. The Morgan fingerprint density at radius 2 is 1.94 bits per heavy atom. The number of piperidine rings is 1. The van der Waals surface area contributed by atoms with Gasteiger partial charge in [0.1, 0.15) is 0 Å². The van der Waals surface area contributed by atoms with E-state index in [1.807, 2.05) is 35.2 Å². The van der Waals surface area contributed by atoms with Crippen LogP contribution in [0.2, 0.25) is 0 Å². The van der Waals surface area contributed by atoms with E-state index in [1.54, 1.807) is 0 Å². The van der Waals surface area contributed by atoms with Gasteiger partial charge in [-0.3, -0.25) is 4.79 Å². The van der Waals surface area contributed by atoms with Gasteiger partial charge in [-0.25, -0.2) is 0 Å². The standard InChI is InChI=1S/C13H13Br2NO/c14-10-6-9-7-16(12(10)11(9)15)13(17)8-4-2-1-3-5-8/h1-5,9-12H,6-7H2/t9-,10-,11+,12+/m1/s1. The lowest BCUT2D eigenvalue weighted by atomic mass is 10.1. The topological polar surface area (TPSA) is 20.3 Å². The largest absolute Gasteiger partial charge is 0.333 e. The minimum Gasteiger partial charge on any atom is -0.333 e. The van der Waals surface area contributed by atoms with Crippen molar-refractivity contribution in [2.75, 3.05) is 6.54 Å². The van der Waals surface area contributed by atoms with Crippen LogP contribution >= 0.6 is 31.9 Å². The molecular weight excluding hydrogens is 346 g/mol. The molecule has 0 spiro atoms. The van der Waals surface area contributed by atoms with E-state index < -0.39 is 0 Å². The molecule has 0 radical (unpaired) electrons. The van der Waals surface area contributed by atoms with Crippen molar-refractivity contribution in [3.63, 3.8) is 0 Å². The van der Waals surface area contributed by atoms with Crippen molar-refractivity contribution in [3.05, 3.63) is 35.9 Å². The fourth-order valence-corrected chi connectivity index (χ4v) is 5.46. The first-order chi connectivity index (χ1) is 8.18. The summed E-state index contributed by atoms with van der Waals surface area (Å²) in [6, 6.07) is 9.85. The molecule has 3 rings (SSSR count). The number of carbonyl (C=O) groups excluding carboxylic acids is 1. The quantitative estimate of drug-likeness (QED) is 0.706. The third-order valence-corrected chi connectivity index (χ3v) is 5.95. The van der Waals surface area contributed by atoms with Crippen molar-refractivity contribution in [3.8, 4) is 0 Å². The minimum atomic E-state index is 0.159. The number of fused-ring (bicyclic) bond motifs is 2. The Balaban J connectivity index is 1.85. The predicted molar refractivity (Wildman–Crippen MR) is 74.8 cm³/mol. The Kier molecular flexibility index (Phi) is 3.03. The molecule has 2 fully saturated rings. The molecule has 1 aliphatic carbocycles. The molecule has 1 saturated carbocycles. The number of hydrogen-bond donors (Lipinski definition) is 0. The van der Waals surface area contributed by atoms with Gasteiger partial charge in [0.05, 0.1) is 6.04 Å². The number of halogens is 2. The van der Waals surface area contributed by atoms with Gasteiger partial charge in [-0.05, 0) is 24.5 Å². The third kappa shape index (κ3) is 1.85. The second-order valence-corrected chi connectivity index (χ2v) is 7.00. The average molecular weight is 359 g/mol. The summed E-state index contributed by atoms with van der Waals surface area (Å²) < 4.78 is 0. The summed E-state index contributed by atoms with van der Waals surface area (Å²) in [5.74, 6) is 0.753. The Morgan fingerprint density at radius 3 is 2.53 bits per heavy atom. The van der Waals surface area contributed by atoms with Crippen LogP contribution < -0.4 is 0 Å². The highest BCUT2D eigenvalue weighted by molar-refractivity contribution is 9.10. The molecule has 1 amide bonds. The van der Waals surface area contributed by atoms with Gasteiger partial charge in [0, 0.05) is 21.8 Å². The fourth-order valence-electron chi connectivity index (χ4n) is 2.92. The summed E-state index contributed by atoms with van der Waals surface area (Å²) in [5.41, 5.74) is 0.791. The molecule has 2 bridgehead atoms. The zero-order chi connectivity index (χ0) is 12.0. The smallest absolute Gasteiger partial charge is 0.254 e. The van der Waals surface area contributed by atoms with Gasteiger partial charge >= 0.3 is 0 Å². The van der Waals surface area contributed by atoms with E-state index >= 15 is 0 Å². The Labute approximate surface area is 118 Å². The van der Waals surface area contributed by atoms with Crippen molar-refractivity contribution in [1.29, 1.82) is 0 Å². The molecule has 0 aromatic heterocycles. The van der Waals surface area contributed by atoms with Crippen LogP contribution in [0.5, 0.6) is 0 Å². The van der Waals surface area contributed by atoms with Crippen molar-refractivity contribution in [2.24, 2.45) is 5.92 Å². The number of carbonyl (C=O) groups is 1. The number of rotatable bonds is 1. The van der Waals surface area contributed by atoms with Crippen LogP contribution in [0.3, 0.4) is 0 Å². The van der Waals surface area contributed by atoms with Crippen molar-refractivity contribution < 1.29 is 4.79 Å². The number of benzene rings is 1. The Hall–Kier alpha value is -0.350. The monoisotopic (exact) mass is 357 g/mol. The molecule has 0 N–H and O–H groups in total. The zero-order valence-corrected chi connectivity index (χ0v) is 12.4. The van der Waals surface area contributed by atoms with Gasteiger partial charge in [-0.15, -0.1) is 0 Å². The van der Waals surface area contributed by atoms with E-state index in [-0.39, 0.29) is 5.91 Å². The molecule has 2 nitrogen and oxygen atoms in total. The predicted octanol–water partition coefficient (Wildman–Crippen LogP) is 3.06. The second kappa shape index (κ2) is 4.39. The van der Waals surface area contributed by atoms with E-state index in [1.165, 1.54) is 6.42 Å². The lowest BCUT2D eigenvalue weighted by molar-refractivity contribution is 0.0711. The molecule has 1 aliphatic heterocycles. The average Bonchev–Trinajstić information content (AvgIpc) is 2.81. The van der Waals surface area contributed by atoms with E-state index in [0.29, 0.717) is 21.6 Å². The fraction of sp³-hybridized carbons (Fsp3) is 0.462. The van der Waals surface area contributed by atoms with Crippen molar-refractivity contribution in [1.82, 2.24) is 4.90 Å². The first-order valence-electron chi connectivity index (χ1n) is 5.82. The summed E-state index contributed by atoms with van der Waals surface area (Å²) >= 11 is 7.42. The maximum atomic E-state index is 12.4. The maximum Gasteiger partial charge on any atom is 0.254 e. The summed E-state index contributed by atoms with van der Waals surface area (Å²) in [7, 11) is 0. The van der Waals surface area contributed by atoms with Gasteiger partial charge < -0.3 is 4.90 Å². The van der Waals surface area contributed by atoms with Crippen LogP contribution in [0.15, 0.2) is 30.3 Å². The van der Waals surface area contributed by atoms with Crippen LogP contribution in [0.25, 0.3) is 0 Å². The number of likely N-dealkylation sites (tertiary alicyclic amines) is 1. The van der Waals surface area contributed by atoms with E-state index in [2.05, 4.69) is 31.9 Å². The maximum absolute atomic E-state index is 12.4. The van der Waals surface area contributed by atoms with Crippen molar-refractivity contribution >= 4 is 37.8 Å². The van der Waals surface area contributed by atoms with Crippen LogP contribution in [0.1, 0.15) is 16.8 Å². The van der Waals surface area contributed by atoms with Gasteiger partial charge in [0.2, 0.25) is 0 Å². The number of hydrogen-bond acceptors (Lipinski definition) is 1. The van der Waals surface area contributed by atoms with Gasteiger partial charge in [-0.2, -0.15) is 0 Å². The first-order valence-corrected chi connectivity index (χ1v) is 7.66. The summed E-state index contributed by atoms with van der Waals surface area (Å²) in [6.07, 6.45) is 1.17. The van der Waals surface area contributed by atoms with Crippen LogP contribution in [-0.4, -0.2) is 33.0 Å². The molecule has 17 heavy (non-hydrogen) atoms. The number of nitrogens with zero attached hydrogens (tertiary/aromatic N) is 1. The molecule has 1 saturated heterocycles. The Morgan fingerprint density at radius 1 is 1.24 bits per heavy atom. The van der Waals surface area contributed by atoms with E-state index in [0.717, 1.165) is 12.1 Å².